The second-order valence-corrected chi connectivity index (χ2v) is 4.99. The third kappa shape index (κ3) is 3.37. The van der Waals surface area contributed by atoms with Crippen LogP contribution in [0, 0.1) is 0 Å². The summed E-state index contributed by atoms with van der Waals surface area (Å²) in [7, 11) is 0. The highest BCUT2D eigenvalue weighted by molar-refractivity contribution is 9.10. The van der Waals surface area contributed by atoms with Gasteiger partial charge in [-0.2, -0.15) is 0 Å². The van der Waals surface area contributed by atoms with E-state index in [9.17, 15) is 4.79 Å². The predicted octanol–water partition coefficient (Wildman–Crippen LogP) is 3.47. The van der Waals surface area contributed by atoms with Crippen molar-refractivity contribution < 1.29 is 19.7 Å². The summed E-state index contributed by atoms with van der Waals surface area (Å²) in [5, 5.41) is 17.9. The molecule has 20 heavy (non-hydrogen) atoms. The Bertz CT molecular complexity index is 625. The van der Waals surface area contributed by atoms with Crippen LogP contribution in [0.15, 0.2) is 46.9 Å². The molecule has 0 saturated heterocycles. The summed E-state index contributed by atoms with van der Waals surface area (Å²) in [5.74, 6) is 0.184. The van der Waals surface area contributed by atoms with Gasteiger partial charge in [0.15, 0.2) is 0 Å². The number of aliphatic hydroxyl groups excluding tert-OH is 1. The van der Waals surface area contributed by atoms with E-state index in [0.717, 1.165) is 5.56 Å². The molecule has 0 aliphatic heterocycles. The fourth-order valence-corrected chi connectivity index (χ4v) is 2.23. The lowest BCUT2D eigenvalue weighted by Gasteiger charge is -2.12. The number of halogens is 1. The van der Waals surface area contributed by atoms with Gasteiger partial charge in [-0.05, 0) is 52.2 Å². The number of hydrogen-bond acceptors (Lipinski definition) is 3. The summed E-state index contributed by atoms with van der Waals surface area (Å²) < 4.78 is 6.34. The van der Waals surface area contributed by atoms with E-state index < -0.39 is 5.97 Å². The molecule has 0 spiro atoms. The second-order valence-electron chi connectivity index (χ2n) is 4.13. The van der Waals surface area contributed by atoms with Crippen molar-refractivity contribution in [1.82, 2.24) is 0 Å². The van der Waals surface area contributed by atoms with Gasteiger partial charge in [-0.25, -0.2) is 4.79 Å². The van der Waals surface area contributed by atoms with Crippen LogP contribution >= 0.6 is 15.9 Å². The molecule has 0 fully saturated rings. The number of para-hydroxylation sites is 1. The molecule has 0 aliphatic rings. The van der Waals surface area contributed by atoms with E-state index in [1.54, 1.807) is 6.07 Å². The maximum absolute atomic E-state index is 10.9. The van der Waals surface area contributed by atoms with Crippen LogP contribution in [-0.2, 0) is 6.42 Å². The number of ether oxygens (including phenoxy) is 1. The Hall–Kier alpha value is -1.85. The van der Waals surface area contributed by atoms with E-state index >= 15 is 0 Å². The summed E-state index contributed by atoms with van der Waals surface area (Å²) >= 11 is 3.30. The standard InChI is InChI=1S/C15H13BrO4/c16-12-9-11(15(18)19)5-6-14(12)20-13-4-2-1-3-10(13)7-8-17/h1-6,9,17H,7-8H2,(H,18,19). The lowest BCUT2D eigenvalue weighted by atomic mass is 10.1. The zero-order chi connectivity index (χ0) is 14.5. The van der Waals surface area contributed by atoms with E-state index in [2.05, 4.69) is 15.9 Å². The minimum absolute atomic E-state index is 0.0412. The van der Waals surface area contributed by atoms with Gasteiger partial charge in [-0.15, -0.1) is 0 Å². The van der Waals surface area contributed by atoms with Crippen molar-refractivity contribution >= 4 is 21.9 Å². The van der Waals surface area contributed by atoms with Crippen LogP contribution in [0.25, 0.3) is 0 Å². The molecule has 2 aromatic carbocycles. The van der Waals surface area contributed by atoms with Gasteiger partial charge in [0.1, 0.15) is 11.5 Å². The van der Waals surface area contributed by atoms with E-state index in [-0.39, 0.29) is 12.2 Å². The number of aliphatic hydroxyl groups is 1. The molecule has 2 N–H and O–H groups in total. The number of benzene rings is 2. The lowest BCUT2D eigenvalue weighted by Crippen LogP contribution is -1.98. The average Bonchev–Trinajstić information content (AvgIpc) is 2.43. The third-order valence-corrected chi connectivity index (χ3v) is 3.37. The molecule has 104 valence electrons. The molecule has 5 heteroatoms. The topological polar surface area (TPSA) is 66.8 Å². The van der Waals surface area contributed by atoms with Gasteiger partial charge >= 0.3 is 5.97 Å². The van der Waals surface area contributed by atoms with Crippen LogP contribution in [0.4, 0.5) is 0 Å². The lowest BCUT2D eigenvalue weighted by molar-refractivity contribution is 0.0697. The SMILES string of the molecule is O=C(O)c1ccc(Oc2ccccc2CCO)c(Br)c1. The number of rotatable bonds is 5. The van der Waals surface area contributed by atoms with Crippen LogP contribution in [0.5, 0.6) is 11.5 Å². The van der Waals surface area contributed by atoms with Gasteiger partial charge in [-0.3, -0.25) is 0 Å². The zero-order valence-electron chi connectivity index (χ0n) is 10.5. The first-order valence-electron chi connectivity index (χ1n) is 6.01. The van der Waals surface area contributed by atoms with Gasteiger partial charge < -0.3 is 14.9 Å². The Kier molecular flexibility index (Phi) is 4.76. The summed E-state index contributed by atoms with van der Waals surface area (Å²) in [6, 6.07) is 12.0. The van der Waals surface area contributed by atoms with E-state index in [1.165, 1.54) is 12.1 Å². The molecular weight excluding hydrogens is 324 g/mol. The molecule has 0 bridgehead atoms. The van der Waals surface area contributed by atoms with Crippen molar-refractivity contribution in [3.05, 3.63) is 58.1 Å². The molecular formula is C15H13BrO4. The van der Waals surface area contributed by atoms with E-state index in [1.807, 2.05) is 24.3 Å². The Labute approximate surface area is 124 Å². The number of carboxylic acids is 1. The van der Waals surface area contributed by atoms with Crippen molar-refractivity contribution in [2.45, 2.75) is 6.42 Å². The normalized spacial score (nSPS) is 10.3. The Morgan fingerprint density at radius 3 is 2.55 bits per heavy atom. The molecule has 0 saturated carbocycles. The molecule has 2 aromatic rings. The highest BCUT2D eigenvalue weighted by Crippen LogP contribution is 2.32. The number of hydrogen-bond donors (Lipinski definition) is 2. The highest BCUT2D eigenvalue weighted by Gasteiger charge is 2.10. The van der Waals surface area contributed by atoms with Crippen molar-refractivity contribution in [3.63, 3.8) is 0 Å². The monoisotopic (exact) mass is 336 g/mol. The Morgan fingerprint density at radius 1 is 1.15 bits per heavy atom. The number of carbonyl (C=O) groups is 1. The first-order chi connectivity index (χ1) is 9.61. The smallest absolute Gasteiger partial charge is 0.335 e. The van der Waals surface area contributed by atoms with Crippen LogP contribution in [0.2, 0.25) is 0 Å². The zero-order valence-corrected chi connectivity index (χ0v) is 12.1. The molecule has 0 heterocycles. The summed E-state index contributed by atoms with van der Waals surface area (Å²) in [6.45, 7) is 0.0412. The van der Waals surface area contributed by atoms with Crippen LogP contribution in [-0.4, -0.2) is 22.8 Å². The fourth-order valence-electron chi connectivity index (χ4n) is 1.77. The predicted molar refractivity (Wildman–Crippen MR) is 78.4 cm³/mol. The number of aromatic carboxylic acids is 1. The van der Waals surface area contributed by atoms with Gasteiger partial charge in [0.25, 0.3) is 0 Å². The van der Waals surface area contributed by atoms with Crippen molar-refractivity contribution in [2.24, 2.45) is 0 Å². The maximum Gasteiger partial charge on any atom is 0.335 e. The van der Waals surface area contributed by atoms with Crippen LogP contribution < -0.4 is 4.74 Å². The summed E-state index contributed by atoms with van der Waals surface area (Å²) in [4.78, 5) is 10.9. The van der Waals surface area contributed by atoms with Crippen molar-refractivity contribution in [2.75, 3.05) is 6.61 Å². The molecule has 0 aromatic heterocycles. The van der Waals surface area contributed by atoms with E-state index in [0.29, 0.717) is 22.4 Å². The largest absolute Gasteiger partial charge is 0.478 e. The molecule has 0 aliphatic carbocycles. The molecule has 0 unspecified atom stereocenters. The first kappa shape index (κ1) is 14.6. The van der Waals surface area contributed by atoms with Crippen molar-refractivity contribution in [1.29, 1.82) is 0 Å². The van der Waals surface area contributed by atoms with E-state index in [4.69, 9.17) is 14.9 Å². The third-order valence-electron chi connectivity index (χ3n) is 2.75. The highest BCUT2D eigenvalue weighted by atomic mass is 79.9. The quantitative estimate of drug-likeness (QED) is 0.877. The Morgan fingerprint density at radius 2 is 1.90 bits per heavy atom. The minimum atomic E-state index is -0.988. The van der Waals surface area contributed by atoms with Crippen molar-refractivity contribution in [3.8, 4) is 11.5 Å². The van der Waals surface area contributed by atoms with Crippen LogP contribution in [0.1, 0.15) is 15.9 Å². The van der Waals surface area contributed by atoms with Gasteiger partial charge in [0.2, 0.25) is 0 Å². The molecule has 2 rings (SSSR count). The number of carboxylic acid groups (broad SMARTS) is 1. The van der Waals surface area contributed by atoms with Crippen LogP contribution in [0.3, 0.4) is 0 Å². The summed E-state index contributed by atoms with van der Waals surface area (Å²) in [6.07, 6.45) is 0.501. The molecule has 0 atom stereocenters. The fraction of sp³-hybridized carbons (Fsp3) is 0.133. The van der Waals surface area contributed by atoms with Gasteiger partial charge in [-0.1, -0.05) is 18.2 Å². The van der Waals surface area contributed by atoms with Gasteiger partial charge in [0, 0.05) is 6.61 Å². The first-order valence-corrected chi connectivity index (χ1v) is 6.80. The van der Waals surface area contributed by atoms with Gasteiger partial charge in [0.05, 0.1) is 10.0 Å². The average molecular weight is 337 g/mol. The Balaban J connectivity index is 2.28. The molecule has 0 amide bonds. The molecule has 0 radical (unpaired) electrons. The second kappa shape index (κ2) is 6.54. The maximum atomic E-state index is 10.9. The molecule has 4 nitrogen and oxygen atoms in total. The minimum Gasteiger partial charge on any atom is -0.478 e. The summed E-state index contributed by atoms with van der Waals surface area (Å²) in [5.41, 5.74) is 1.08.